The fourth-order valence-corrected chi connectivity index (χ4v) is 4.68. The molecule has 0 aliphatic carbocycles. The van der Waals surface area contributed by atoms with E-state index in [1.54, 1.807) is 36.4 Å². The number of hydrogen-bond donors (Lipinski definition) is 1. The van der Waals surface area contributed by atoms with E-state index in [0.29, 0.717) is 32.1 Å². The maximum Gasteiger partial charge on any atom is 0.328 e. The largest absolute Gasteiger partial charge is 0.490 e. The second-order valence-corrected chi connectivity index (χ2v) is 9.52. The van der Waals surface area contributed by atoms with Gasteiger partial charge in [-0.15, -0.1) is 0 Å². The van der Waals surface area contributed by atoms with Crippen molar-refractivity contribution in [3.8, 4) is 5.75 Å². The number of nitrogens with zero attached hydrogens (tertiary/aromatic N) is 1. The van der Waals surface area contributed by atoms with Crippen molar-refractivity contribution in [3.05, 3.63) is 59.1 Å². The smallest absolute Gasteiger partial charge is 0.328 e. The third-order valence-corrected chi connectivity index (χ3v) is 7.09. The molecule has 0 radical (unpaired) electrons. The van der Waals surface area contributed by atoms with Crippen molar-refractivity contribution >= 4 is 33.5 Å². The quantitative estimate of drug-likeness (QED) is 0.418. The van der Waals surface area contributed by atoms with Gasteiger partial charge in [-0.05, 0) is 43.3 Å². The molecule has 33 heavy (non-hydrogen) atoms. The van der Waals surface area contributed by atoms with E-state index in [4.69, 9.17) is 25.8 Å². The van der Waals surface area contributed by atoms with Gasteiger partial charge in [0.25, 0.3) is 5.91 Å². The van der Waals surface area contributed by atoms with E-state index in [1.165, 1.54) is 23.4 Å². The summed E-state index contributed by atoms with van der Waals surface area (Å²) < 4.78 is 42.4. The molecule has 0 aromatic heterocycles. The van der Waals surface area contributed by atoms with Crippen LogP contribution in [0.5, 0.6) is 5.75 Å². The third-order valence-electron chi connectivity index (χ3n) is 4.85. The van der Waals surface area contributed by atoms with Gasteiger partial charge in [-0.1, -0.05) is 23.7 Å². The van der Waals surface area contributed by atoms with Gasteiger partial charge in [-0.3, -0.25) is 4.79 Å². The average molecular weight is 497 g/mol. The molecule has 1 saturated heterocycles. The van der Waals surface area contributed by atoms with Crippen molar-refractivity contribution in [2.24, 2.45) is 0 Å². The van der Waals surface area contributed by atoms with Gasteiger partial charge in [0.2, 0.25) is 10.0 Å². The van der Waals surface area contributed by atoms with Gasteiger partial charge in [-0.25, -0.2) is 13.2 Å². The summed E-state index contributed by atoms with van der Waals surface area (Å²) in [6, 6.07) is 11.7. The molecule has 1 atom stereocenters. The normalized spacial score (nSPS) is 15.5. The standard InChI is InChI=1S/C22H25ClN2O7S/c1-16(24-21(26)19-4-2-3-5-20(19)23)22(27)32-15-14-31-17-6-8-18(9-7-17)33(28,29)25-10-12-30-13-11-25/h2-9,16H,10-15H2,1H3,(H,24,26)/t16-/m0/s1. The van der Waals surface area contributed by atoms with Gasteiger partial charge in [0.15, 0.2) is 0 Å². The number of ether oxygens (including phenoxy) is 3. The van der Waals surface area contributed by atoms with Crippen molar-refractivity contribution < 1.29 is 32.2 Å². The first kappa shape index (κ1) is 25.0. The Labute approximate surface area is 197 Å². The van der Waals surface area contributed by atoms with E-state index in [0.717, 1.165) is 0 Å². The molecular formula is C22H25ClN2O7S. The summed E-state index contributed by atoms with van der Waals surface area (Å²) in [4.78, 5) is 24.5. The number of hydrogen-bond acceptors (Lipinski definition) is 7. The van der Waals surface area contributed by atoms with Crippen molar-refractivity contribution in [1.29, 1.82) is 0 Å². The van der Waals surface area contributed by atoms with Crippen LogP contribution in [-0.4, -0.2) is 70.2 Å². The molecule has 2 aromatic carbocycles. The maximum atomic E-state index is 12.6. The fourth-order valence-electron chi connectivity index (χ4n) is 3.05. The highest BCUT2D eigenvalue weighted by Crippen LogP contribution is 2.20. The topological polar surface area (TPSA) is 111 Å². The minimum atomic E-state index is -3.57. The predicted octanol–water partition coefficient (Wildman–Crippen LogP) is 2.10. The van der Waals surface area contributed by atoms with Crippen molar-refractivity contribution in [2.45, 2.75) is 17.9 Å². The minimum Gasteiger partial charge on any atom is -0.490 e. The van der Waals surface area contributed by atoms with E-state index in [-0.39, 0.29) is 28.7 Å². The molecule has 11 heteroatoms. The molecule has 9 nitrogen and oxygen atoms in total. The lowest BCUT2D eigenvalue weighted by molar-refractivity contribution is -0.146. The minimum absolute atomic E-state index is 0.0427. The first-order chi connectivity index (χ1) is 15.8. The lowest BCUT2D eigenvalue weighted by Gasteiger charge is -2.26. The molecule has 0 unspecified atom stereocenters. The van der Waals surface area contributed by atoms with E-state index < -0.39 is 27.9 Å². The van der Waals surface area contributed by atoms with Gasteiger partial charge in [-0.2, -0.15) is 4.31 Å². The molecule has 1 heterocycles. The van der Waals surface area contributed by atoms with Crippen LogP contribution < -0.4 is 10.1 Å². The molecule has 178 valence electrons. The fraction of sp³-hybridized carbons (Fsp3) is 0.364. The molecule has 0 bridgehead atoms. The highest BCUT2D eigenvalue weighted by molar-refractivity contribution is 7.89. The van der Waals surface area contributed by atoms with Gasteiger partial charge in [0, 0.05) is 13.1 Å². The Bertz CT molecular complexity index is 1070. The zero-order valence-corrected chi connectivity index (χ0v) is 19.6. The Balaban J connectivity index is 1.42. The summed E-state index contributed by atoms with van der Waals surface area (Å²) in [6.45, 7) is 2.92. The molecule has 1 aliphatic heterocycles. The number of benzene rings is 2. The Morgan fingerprint density at radius 2 is 1.76 bits per heavy atom. The molecule has 2 aromatic rings. The van der Waals surface area contributed by atoms with E-state index in [2.05, 4.69) is 5.32 Å². The van der Waals surface area contributed by atoms with E-state index >= 15 is 0 Å². The second-order valence-electron chi connectivity index (χ2n) is 7.18. The average Bonchev–Trinajstić information content (AvgIpc) is 2.82. The molecule has 1 N–H and O–H groups in total. The van der Waals surface area contributed by atoms with Gasteiger partial charge >= 0.3 is 5.97 Å². The van der Waals surface area contributed by atoms with Crippen molar-refractivity contribution in [1.82, 2.24) is 9.62 Å². The van der Waals surface area contributed by atoms with Crippen LogP contribution in [0.3, 0.4) is 0 Å². The number of morpholine rings is 1. The van der Waals surface area contributed by atoms with Crippen molar-refractivity contribution in [3.63, 3.8) is 0 Å². The highest BCUT2D eigenvalue weighted by atomic mass is 35.5. The van der Waals surface area contributed by atoms with Gasteiger partial charge in [0.05, 0.1) is 28.7 Å². The summed E-state index contributed by atoms with van der Waals surface area (Å²) in [7, 11) is -3.57. The monoisotopic (exact) mass is 496 g/mol. The zero-order valence-electron chi connectivity index (χ0n) is 18.0. The lowest BCUT2D eigenvalue weighted by atomic mass is 10.2. The summed E-state index contributed by atoms with van der Waals surface area (Å²) in [5, 5.41) is 2.82. The number of sulfonamides is 1. The number of nitrogens with one attached hydrogen (secondary N) is 1. The number of amides is 1. The third kappa shape index (κ3) is 6.67. The maximum absolute atomic E-state index is 12.6. The Morgan fingerprint density at radius 3 is 2.42 bits per heavy atom. The van der Waals surface area contributed by atoms with E-state index in [1.807, 2.05) is 0 Å². The summed E-state index contributed by atoms with van der Waals surface area (Å²) >= 11 is 5.98. The molecule has 1 aliphatic rings. The Hall–Kier alpha value is -2.66. The predicted molar refractivity (Wildman–Crippen MR) is 121 cm³/mol. The van der Waals surface area contributed by atoms with Crippen LogP contribution in [0, 0.1) is 0 Å². The Morgan fingerprint density at radius 1 is 1.09 bits per heavy atom. The zero-order chi connectivity index (χ0) is 23.8. The molecule has 3 rings (SSSR count). The Kier molecular flexibility index (Phi) is 8.67. The first-order valence-electron chi connectivity index (χ1n) is 10.3. The highest BCUT2D eigenvalue weighted by Gasteiger charge is 2.26. The van der Waals surface area contributed by atoms with Crippen LogP contribution in [0.25, 0.3) is 0 Å². The summed E-state index contributed by atoms with van der Waals surface area (Å²) in [5.41, 5.74) is 0.265. The van der Waals surface area contributed by atoms with Crippen molar-refractivity contribution in [2.75, 3.05) is 39.5 Å². The number of carbonyl (C=O) groups is 2. The number of carbonyl (C=O) groups excluding carboxylic acids is 2. The molecule has 0 saturated carbocycles. The number of halogens is 1. The number of rotatable bonds is 9. The molecular weight excluding hydrogens is 472 g/mol. The molecule has 1 amide bonds. The van der Waals surface area contributed by atoms with Crippen LogP contribution in [-0.2, 0) is 24.3 Å². The first-order valence-corrected chi connectivity index (χ1v) is 12.1. The van der Waals surface area contributed by atoms with Crippen LogP contribution in [0.15, 0.2) is 53.4 Å². The summed E-state index contributed by atoms with van der Waals surface area (Å²) in [6.07, 6.45) is 0. The second kappa shape index (κ2) is 11.5. The van der Waals surface area contributed by atoms with Crippen LogP contribution in [0.2, 0.25) is 5.02 Å². The van der Waals surface area contributed by atoms with Crippen LogP contribution in [0.1, 0.15) is 17.3 Å². The molecule has 0 spiro atoms. The summed E-state index contributed by atoms with van der Waals surface area (Å²) in [5.74, 6) is -0.661. The molecule has 1 fully saturated rings. The van der Waals surface area contributed by atoms with Crippen LogP contribution in [0.4, 0.5) is 0 Å². The van der Waals surface area contributed by atoms with Gasteiger partial charge < -0.3 is 19.5 Å². The SMILES string of the molecule is C[C@H](NC(=O)c1ccccc1Cl)C(=O)OCCOc1ccc(S(=O)(=O)N2CCOCC2)cc1. The lowest BCUT2D eigenvalue weighted by Crippen LogP contribution is -2.40. The van der Waals surface area contributed by atoms with Gasteiger partial charge in [0.1, 0.15) is 25.0 Å². The van der Waals surface area contributed by atoms with Crippen LogP contribution >= 0.6 is 11.6 Å². The number of esters is 1. The van der Waals surface area contributed by atoms with E-state index in [9.17, 15) is 18.0 Å².